The molecule has 0 saturated carbocycles. The van der Waals surface area contributed by atoms with E-state index < -0.39 is 0 Å². The lowest BCUT2D eigenvalue weighted by Gasteiger charge is -2.09. The summed E-state index contributed by atoms with van der Waals surface area (Å²) in [7, 11) is 1.56. The van der Waals surface area contributed by atoms with Crippen LogP contribution in [0.5, 0.6) is 0 Å². The number of hydrogen-bond acceptors (Lipinski definition) is 5. The van der Waals surface area contributed by atoms with Crippen LogP contribution in [-0.4, -0.2) is 27.9 Å². The predicted octanol–water partition coefficient (Wildman–Crippen LogP) is 2.84. The van der Waals surface area contributed by atoms with Crippen LogP contribution < -0.4 is 11.1 Å². The molecule has 134 valence electrons. The summed E-state index contributed by atoms with van der Waals surface area (Å²) in [4.78, 5) is 24.4. The molecule has 1 amide bonds. The molecule has 0 radical (unpaired) electrons. The lowest BCUT2D eigenvalue weighted by atomic mass is 10.0. The van der Waals surface area contributed by atoms with Crippen LogP contribution in [-0.2, 0) is 0 Å². The molecule has 0 saturated heterocycles. The van der Waals surface area contributed by atoms with Crippen LogP contribution in [0.1, 0.15) is 27.2 Å². The van der Waals surface area contributed by atoms with Crippen LogP contribution in [0.3, 0.4) is 0 Å². The Morgan fingerprint density at radius 2 is 1.96 bits per heavy atom. The lowest BCUT2D eigenvalue weighted by Crippen LogP contribution is -2.18. The van der Waals surface area contributed by atoms with E-state index in [1.165, 1.54) is 6.33 Å². The molecule has 0 aliphatic rings. The third kappa shape index (κ3) is 4.05. The van der Waals surface area contributed by atoms with E-state index in [9.17, 15) is 4.79 Å². The number of hydrogen-bond donors (Lipinski definition) is 2. The van der Waals surface area contributed by atoms with Crippen molar-refractivity contribution in [2.75, 3.05) is 12.8 Å². The number of aromatic nitrogens is 3. The summed E-state index contributed by atoms with van der Waals surface area (Å²) < 4.78 is 0. The van der Waals surface area contributed by atoms with Gasteiger partial charge in [-0.15, -0.1) is 0 Å². The van der Waals surface area contributed by atoms with Crippen LogP contribution in [0.4, 0.5) is 5.82 Å². The molecular formula is C20H16ClN5O. The molecule has 2 aromatic heterocycles. The Hall–Kier alpha value is -3.43. The molecule has 0 aliphatic heterocycles. The highest BCUT2D eigenvalue weighted by Gasteiger charge is 2.13. The van der Waals surface area contributed by atoms with Crippen molar-refractivity contribution in [3.8, 4) is 23.1 Å². The monoisotopic (exact) mass is 377 g/mol. The maximum Gasteiger partial charge on any atom is 0.252 e. The Morgan fingerprint density at radius 3 is 2.63 bits per heavy atom. The van der Waals surface area contributed by atoms with E-state index in [-0.39, 0.29) is 5.91 Å². The molecule has 0 fully saturated rings. The predicted molar refractivity (Wildman–Crippen MR) is 105 cm³/mol. The van der Waals surface area contributed by atoms with E-state index in [0.29, 0.717) is 27.7 Å². The van der Waals surface area contributed by atoms with Gasteiger partial charge in [0.2, 0.25) is 0 Å². The molecule has 1 aromatic carbocycles. The minimum Gasteiger partial charge on any atom is -0.384 e. The number of amides is 1. The summed E-state index contributed by atoms with van der Waals surface area (Å²) >= 11 is 6.27. The Kier molecular flexibility index (Phi) is 5.34. The average molecular weight is 378 g/mol. The van der Waals surface area contributed by atoms with Crippen molar-refractivity contribution in [3.05, 3.63) is 70.3 Å². The fraction of sp³-hybridized carbons (Fsp3) is 0.100. The first-order valence-electron chi connectivity index (χ1n) is 8.06. The maximum atomic E-state index is 11.8. The highest BCUT2D eigenvalue weighted by Crippen LogP contribution is 2.27. The van der Waals surface area contributed by atoms with Crippen molar-refractivity contribution >= 4 is 23.3 Å². The van der Waals surface area contributed by atoms with Gasteiger partial charge < -0.3 is 11.1 Å². The number of nitrogens with zero attached hydrogens (tertiary/aromatic N) is 3. The van der Waals surface area contributed by atoms with E-state index in [1.54, 1.807) is 43.6 Å². The number of rotatable bonds is 2. The summed E-state index contributed by atoms with van der Waals surface area (Å²) in [5, 5.41) is 2.90. The highest BCUT2D eigenvalue weighted by atomic mass is 35.5. The number of benzene rings is 1. The standard InChI is InChI=1S/C20H16ClN5O/c1-12-15(6-3-13-4-8-18(22)24-10-13)19(26-11-25-12)14-5-7-16(17(21)9-14)20(27)23-2/h4-5,7-11H,1-2H3,(H2,22,24)(H,23,27). The summed E-state index contributed by atoms with van der Waals surface area (Å²) in [5.74, 6) is 6.34. The second-order valence-corrected chi connectivity index (χ2v) is 6.09. The molecule has 0 aliphatic carbocycles. The Balaban J connectivity index is 2.05. The first kappa shape index (κ1) is 18.4. The number of pyridine rings is 1. The van der Waals surface area contributed by atoms with Crippen LogP contribution >= 0.6 is 11.6 Å². The van der Waals surface area contributed by atoms with Gasteiger partial charge in [-0.3, -0.25) is 4.79 Å². The van der Waals surface area contributed by atoms with Crippen molar-refractivity contribution in [1.82, 2.24) is 20.3 Å². The van der Waals surface area contributed by atoms with Gasteiger partial charge in [0.1, 0.15) is 12.1 Å². The third-order valence-corrected chi connectivity index (χ3v) is 4.18. The van der Waals surface area contributed by atoms with Crippen LogP contribution in [0.2, 0.25) is 5.02 Å². The second kappa shape index (κ2) is 7.85. The Bertz CT molecular complexity index is 1070. The first-order valence-corrected chi connectivity index (χ1v) is 8.44. The van der Waals surface area contributed by atoms with Crippen LogP contribution in [0, 0.1) is 18.8 Å². The Labute approximate surface area is 161 Å². The molecule has 3 aromatic rings. The SMILES string of the molecule is CNC(=O)c1ccc(-c2ncnc(C)c2C#Cc2ccc(N)nc2)cc1Cl. The minimum absolute atomic E-state index is 0.249. The van der Waals surface area contributed by atoms with E-state index in [4.69, 9.17) is 17.3 Å². The third-order valence-electron chi connectivity index (χ3n) is 3.87. The number of carbonyl (C=O) groups is 1. The topological polar surface area (TPSA) is 93.8 Å². The molecule has 7 heteroatoms. The van der Waals surface area contributed by atoms with E-state index in [1.807, 2.05) is 6.92 Å². The van der Waals surface area contributed by atoms with Gasteiger partial charge in [-0.1, -0.05) is 29.5 Å². The maximum absolute atomic E-state index is 11.8. The number of anilines is 1. The number of carbonyl (C=O) groups excluding carboxylic acids is 1. The molecule has 27 heavy (non-hydrogen) atoms. The lowest BCUT2D eigenvalue weighted by molar-refractivity contribution is 0.0963. The summed E-state index contributed by atoms with van der Waals surface area (Å²) in [6.07, 6.45) is 3.08. The van der Waals surface area contributed by atoms with Gasteiger partial charge in [-0.25, -0.2) is 15.0 Å². The Morgan fingerprint density at radius 1 is 1.15 bits per heavy atom. The number of halogens is 1. The van der Waals surface area contributed by atoms with Crippen molar-refractivity contribution < 1.29 is 4.79 Å². The second-order valence-electron chi connectivity index (χ2n) is 5.68. The first-order chi connectivity index (χ1) is 13.0. The quantitative estimate of drug-likeness (QED) is 0.670. The van der Waals surface area contributed by atoms with Gasteiger partial charge in [0.15, 0.2) is 0 Å². The van der Waals surface area contributed by atoms with E-state index in [2.05, 4.69) is 32.1 Å². The molecule has 0 bridgehead atoms. The fourth-order valence-corrected chi connectivity index (χ4v) is 2.70. The zero-order chi connectivity index (χ0) is 19.4. The normalized spacial score (nSPS) is 10.0. The molecular weight excluding hydrogens is 362 g/mol. The van der Waals surface area contributed by atoms with E-state index >= 15 is 0 Å². The summed E-state index contributed by atoms with van der Waals surface area (Å²) in [6.45, 7) is 1.86. The number of aryl methyl sites for hydroxylation is 1. The largest absolute Gasteiger partial charge is 0.384 e. The average Bonchev–Trinajstić information content (AvgIpc) is 2.67. The molecule has 3 rings (SSSR count). The van der Waals surface area contributed by atoms with Crippen molar-refractivity contribution in [3.63, 3.8) is 0 Å². The molecule has 6 nitrogen and oxygen atoms in total. The van der Waals surface area contributed by atoms with Crippen LogP contribution in [0.25, 0.3) is 11.3 Å². The van der Waals surface area contributed by atoms with Gasteiger partial charge in [0.25, 0.3) is 5.91 Å². The number of nitrogens with one attached hydrogen (secondary N) is 1. The molecule has 0 unspecified atom stereocenters. The van der Waals surface area contributed by atoms with Gasteiger partial charge in [-0.2, -0.15) is 0 Å². The van der Waals surface area contributed by atoms with Gasteiger partial charge in [0, 0.05) is 24.4 Å². The number of nitrogen functional groups attached to an aromatic ring is 1. The van der Waals surface area contributed by atoms with Gasteiger partial charge in [0.05, 0.1) is 27.5 Å². The minimum atomic E-state index is -0.249. The summed E-state index contributed by atoms with van der Waals surface area (Å²) in [6, 6.07) is 8.63. The molecule has 3 N–H and O–H groups in total. The van der Waals surface area contributed by atoms with Crippen molar-refractivity contribution in [2.24, 2.45) is 0 Å². The molecule has 0 spiro atoms. The fourth-order valence-electron chi connectivity index (χ4n) is 2.44. The van der Waals surface area contributed by atoms with Crippen molar-refractivity contribution in [1.29, 1.82) is 0 Å². The molecule has 0 atom stereocenters. The van der Waals surface area contributed by atoms with E-state index in [0.717, 1.165) is 16.8 Å². The molecule has 2 heterocycles. The smallest absolute Gasteiger partial charge is 0.252 e. The van der Waals surface area contributed by atoms with Gasteiger partial charge in [-0.05, 0) is 31.2 Å². The highest BCUT2D eigenvalue weighted by molar-refractivity contribution is 6.34. The summed E-state index contributed by atoms with van der Waals surface area (Å²) in [5.41, 5.74) is 9.53. The van der Waals surface area contributed by atoms with Gasteiger partial charge >= 0.3 is 0 Å². The van der Waals surface area contributed by atoms with Crippen LogP contribution in [0.15, 0.2) is 42.9 Å². The zero-order valence-electron chi connectivity index (χ0n) is 14.7. The zero-order valence-corrected chi connectivity index (χ0v) is 15.5. The van der Waals surface area contributed by atoms with Crippen molar-refractivity contribution in [2.45, 2.75) is 6.92 Å². The number of nitrogens with two attached hydrogens (primary N) is 1.